The van der Waals surface area contributed by atoms with E-state index in [1.54, 1.807) is 18.4 Å². The van der Waals surface area contributed by atoms with Crippen LogP contribution in [-0.4, -0.2) is 23.6 Å². The van der Waals surface area contributed by atoms with Gasteiger partial charge in [0.15, 0.2) is 0 Å². The molecule has 140 valence electrons. The molecule has 0 saturated heterocycles. The third kappa shape index (κ3) is 3.04. The van der Waals surface area contributed by atoms with Gasteiger partial charge in [0, 0.05) is 18.0 Å². The molecule has 2 aliphatic carbocycles. The Balaban J connectivity index is 1.42. The minimum atomic E-state index is 0.0736. The Labute approximate surface area is 163 Å². The number of carbonyl (C=O) groups is 1. The lowest BCUT2D eigenvalue weighted by Crippen LogP contribution is -2.39. The smallest absolute Gasteiger partial charge is 0.268 e. The van der Waals surface area contributed by atoms with Gasteiger partial charge >= 0.3 is 0 Å². The third-order valence-corrected chi connectivity index (χ3v) is 7.24. The van der Waals surface area contributed by atoms with Crippen LogP contribution in [0.4, 0.5) is 0 Å². The van der Waals surface area contributed by atoms with Crippen molar-refractivity contribution in [2.75, 3.05) is 7.11 Å². The average molecular weight is 381 g/mol. The van der Waals surface area contributed by atoms with Gasteiger partial charge in [0.05, 0.1) is 7.11 Å². The SMILES string of the molecule is COc1ccc(Cn2c(C(=O)N[C@@H]3C[C@H]4CC[C@H]3C4)cc3ccsc32)cc1. The normalized spacial score (nSPS) is 23.8. The maximum atomic E-state index is 13.1. The van der Waals surface area contributed by atoms with Crippen molar-refractivity contribution >= 4 is 27.5 Å². The molecule has 0 unspecified atom stereocenters. The highest BCUT2D eigenvalue weighted by Gasteiger charge is 2.40. The van der Waals surface area contributed by atoms with Crippen molar-refractivity contribution in [2.45, 2.75) is 38.3 Å². The van der Waals surface area contributed by atoms with Crippen molar-refractivity contribution in [3.63, 3.8) is 0 Å². The van der Waals surface area contributed by atoms with Crippen molar-refractivity contribution in [3.8, 4) is 5.75 Å². The van der Waals surface area contributed by atoms with Crippen LogP contribution in [0.15, 0.2) is 41.8 Å². The summed E-state index contributed by atoms with van der Waals surface area (Å²) in [5, 5.41) is 6.58. The predicted molar refractivity (Wildman–Crippen MR) is 109 cm³/mol. The number of fused-ring (bicyclic) bond motifs is 3. The molecule has 3 atom stereocenters. The zero-order valence-corrected chi connectivity index (χ0v) is 16.3. The van der Waals surface area contributed by atoms with Gasteiger partial charge in [-0.2, -0.15) is 0 Å². The molecule has 0 radical (unpaired) electrons. The quantitative estimate of drug-likeness (QED) is 0.698. The van der Waals surface area contributed by atoms with Crippen LogP contribution in [0, 0.1) is 11.8 Å². The minimum absolute atomic E-state index is 0.0736. The first-order valence-corrected chi connectivity index (χ1v) is 10.6. The molecule has 2 bridgehead atoms. The summed E-state index contributed by atoms with van der Waals surface area (Å²) in [6, 6.07) is 12.6. The number of hydrogen-bond donors (Lipinski definition) is 1. The first-order valence-electron chi connectivity index (χ1n) is 9.72. The Morgan fingerprint density at radius 1 is 1.22 bits per heavy atom. The van der Waals surface area contributed by atoms with Crippen LogP contribution in [0.25, 0.3) is 10.2 Å². The number of methoxy groups -OCH3 is 1. The van der Waals surface area contributed by atoms with Gasteiger partial charge in [0.1, 0.15) is 16.3 Å². The Kier molecular flexibility index (Phi) is 4.20. The summed E-state index contributed by atoms with van der Waals surface area (Å²) in [4.78, 5) is 14.3. The molecular formula is C22H24N2O2S. The Morgan fingerprint density at radius 2 is 2.07 bits per heavy atom. The highest BCUT2D eigenvalue weighted by atomic mass is 32.1. The van der Waals surface area contributed by atoms with Crippen LogP contribution in [0.1, 0.15) is 41.7 Å². The van der Waals surface area contributed by atoms with Crippen molar-refractivity contribution in [2.24, 2.45) is 11.8 Å². The second-order valence-corrected chi connectivity index (χ2v) is 8.79. The summed E-state index contributed by atoms with van der Waals surface area (Å²) >= 11 is 1.69. The Hall–Kier alpha value is -2.27. The van der Waals surface area contributed by atoms with Gasteiger partial charge in [-0.25, -0.2) is 0 Å². The molecule has 2 heterocycles. The van der Waals surface area contributed by atoms with Crippen LogP contribution < -0.4 is 10.1 Å². The van der Waals surface area contributed by atoms with E-state index in [0.29, 0.717) is 18.5 Å². The van der Waals surface area contributed by atoms with E-state index < -0.39 is 0 Å². The lowest BCUT2D eigenvalue weighted by atomic mass is 9.95. The number of nitrogens with zero attached hydrogens (tertiary/aromatic N) is 1. The lowest BCUT2D eigenvalue weighted by Gasteiger charge is -2.23. The fourth-order valence-electron chi connectivity index (χ4n) is 4.90. The van der Waals surface area contributed by atoms with Crippen LogP contribution in [0.2, 0.25) is 0 Å². The fourth-order valence-corrected chi connectivity index (χ4v) is 5.79. The van der Waals surface area contributed by atoms with Crippen molar-refractivity contribution < 1.29 is 9.53 Å². The molecular weight excluding hydrogens is 356 g/mol. The highest BCUT2D eigenvalue weighted by molar-refractivity contribution is 7.16. The number of rotatable bonds is 5. The lowest BCUT2D eigenvalue weighted by molar-refractivity contribution is 0.0914. The summed E-state index contributed by atoms with van der Waals surface area (Å²) in [5.74, 6) is 2.44. The number of carbonyl (C=O) groups excluding carboxylic acids is 1. The fraction of sp³-hybridized carbons (Fsp3) is 0.409. The number of aromatic nitrogens is 1. The molecule has 1 aromatic carbocycles. The number of ether oxygens (including phenoxy) is 1. The van der Waals surface area contributed by atoms with Gasteiger partial charge in [0.25, 0.3) is 5.91 Å². The average Bonchev–Trinajstić information content (AvgIpc) is 3.44. The molecule has 4 nitrogen and oxygen atoms in total. The monoisotopic (exact) mass is 380 g/mol. The summed E-state index contributed by atoms with van der Waals surface area (Å²) in [7, 11) is 1.67. The van der Waals surface area contributed by atoms with Crippen LogP contribution in [0.3, 0.4) is 0 Å². The van der Waals surface area contributed by atoms with Crippen molar-refractivity contribution in [3.05, 3.63) is 53.0 Å². The molecule has 0 aliphatic heterocycles. The number of amides is 1. The van der Waals surface area contributed by atoms with E-state index in [9.17, 15) is 4.79 Å². The van der Waals surface area contributed by atoms with E-state index in [2.05, 4.69) is 33.5 Å². The van der Waals surface area contributed by atoms with E-state index in [4.69, 9.17) is 4.74 Å². The zero-order chi connectivity index (χ0) is 18.4. The highest BCUT2D eigenvalue weighted by Crippen LogP contribution is 2.44. The van der Waals surface area contributed by atoms with E-state index in [1.165, 1.54) is 19.3 Å². The maximum absolute atomic E-state index is 13.1. The molecule has 27 heavy (non-hydrogen) atoms. The predicted octanol–water partition coefficient (Wildman–Crippen LogP) is 4.68. The van der Waals surface area contributed by atoms with Crippen molar-refractivity contribution in [1.82, 2.24) is 9.88 Å². The molecule has 1 N–H and O–H groups in total. The number of thiophene rings is 1. The first kappa shape index (κ1) is 16.9. The van der Waals surface area contributed by atoms with Gasteiger partial charge in [-0.05, 0) is 66.3 Å². The van der Waals surface area contributed by atoms with Gasteiger partial charge in [0.2, 0.25) is 0 Å². The number of benzene rings is 1. The van der Waals surface area contributed by atoms with E-state index in [1.807, 2.05) is 18.2 Å². The molecule has 2 fully saturated rings. The first-order chi connectivity index (χ1) is 13.2. The molecule has 2 aromatic heterocycles. The molecule has 5 heteroatoms. The van der Waals surface area contributed by atoms with Crippen LogP contribution in [-0.2, 0) is 6.54 Å². The van der Waals surface area contributed by atoms with Crippen molar-refractivity contribution in [1.29, 1.82) is 0 Å². The summed E-state index contributed by atoms with van der Waals surface area (Å²) < 4.78 is 7.41. The summed E-state index contributed by atoms with van der Waals surface area (Å²) in [5.41, 5.74) is 1.94. The summed E-state index contributed by atoms with van der Waals surface area (Å²) in [6.07, 6.45) is 5.08. The largest absolute Gasteiger partial charge is 0.497 e. The number of nitrogens with one attached hydrogen (secondary N) is 1. The second kappa shape index (κ2) is 6.71. The van der Waals surface area contributed by atoms with Gasteiger partial charge in [-0.15, -0.1) is 11.3 Å². The maximum Gasteiger partial charge on any atom is 0.268 e. The van der Waals surface area contributed by atoms with Gasteiger partial charge < -0.3 is 14.6 Å². The van der Waals surface area contributed by atoms with E-state index in [0.717, 1.165) is 39.6 Å². The molecule has 1 amide bonds. The molecule has 0 spiro atoms. The summed E-state index contributed by atoms with van der Waals surface area (Å²) in [6.45, 7) is 0.688. The van der Waals surface area contributed by atoms with E-state index in [-0.39, 0.29) is 5.91 Å². The Morgan fingerprint density at radius 3 is 2.78 bits per heavy atom. The van der Waals surface area contributed by atoms with Gasteiger partial charge in [-0.1, -0.05) is 18.6 Å². The molecule has 2 aliphatic rings. The second-order valence-electron chi connectivity index (χ2n) is 7.90. The standard InChI is InChI=1S/C22H24N2O2S/c1-26-18-6-3-14(4-7-18)13-24-20(12-17-8-9-27-22(17)24)21(25)23-19-11-15-2-5-16(19)10-15/h3-4,6-9,12,15-16,19H,2,5,10-11,13H2,1H3,(H,23,25)/t15-,16-,19+/m0/s1. The molecule has 2 saturated carbocycles. The third-order valence-electron chi connectivity index (χ3n) is 6.29. The topological polar surface area (TPSA) is 43.3 Å². The van der Waals surface area contributed by atoms with Gasteiger partial charge in [-0.3, -0.25) is 4.79 Å². The molecule has 5 rings (SSSR count). The Bertz CT molecular complexity index is 972. The van der Waals surface area contributed by atoms with Crippen LogP contribution >= 0.6 is 11.3 Å². The zero-order valence-electron chi connectivity index (χ0n) is 15.5. The molecule has 3 aromatic rings. The number of hydrogen-bond acceptors (Lipinski definition) is 3. The minimum Gasteiger partial charge on any atom is -0.497 e. The van der Waals surface area contributed by atoms with E-state index >= 15 is 0 Å². The van der Waals surface area contributed by atoms with Crippen LogP contribution in [0.5, 0.6) is 5.75 Å².